The highest BCUT2D eigenvalue weighted by Gasteiger charge is 2.16. The van der Waals surface area contributed by atoms with Gasteiger partial charge < -0.3 is 0 Å². The van der Waals surface area contributed by atoms with Gasteiger partial charge in [0, 0.05) is 17.0 Å². The molecule has 0 fully saturated rings. The Morgan fingerprint density at radius 2 is 1.00 bits per heavy atom. The maximum atomic E-state index is 4.96. The average Bonchev–Trinajstić information content (AvgIpc) is 2.89. The van der Waals surface area contributed by atoms with Gasteiger partial charge in [-0.05, 0) is 28.3 Å². The molecule has 0 saturated carbocycles. The van der Waals surface area contributed by atoms with E-state index < -0.39 is 0 Å². The monoisotopic (exact) mass is 427 g/mol. The van der Waals surface area contributed by atoms with Gasteiger partial charge in [0.25, 0.3) is 0 Å². The van der Waals surface area contributed by atoms with Crippen LogP contribution in [0, 0.1) is 0 Å². The molecule has 0 N–H and O–H groups in total. The molecule has 0 bridgehead atoms. The molecule has 3 nitrogen and oxygen atoms in total. The van der Waals surface area contributed by atoms with Gasteiger partial charge in [0.15, 0.2) is 11.6 Å². The third-order valence-electron chi connectivity index (χ3n) is 5.65. The van der Waals surface area contributed by atoms with Crippen molar-refractivity contribution >= 4 is 0 Å². The minimum Gasteiger partial charge on any atom is -0.213 e. The number of hydrogen-bond donors (Lipinski definition) is 0. The zero-order valence-electron chi connectivity index (χ0n) is 18.8. The van der Waals surface area contributed by atoms with Gasteiger partial charge in [-0.2, -0.15) is 0 Å². The van der Waals surface area contributed by atoms with Gasteiger partial charge in [-0.1, -0.05) is 117 Å². The first-order valence-electron chi connectivity index (χ1n) is 11.3. The Hall–Kier alpha value is -4.11. The van der Waals surface area contributed by atoms with E-state index in [2.05, 4.69) is 105 Å². The molecule has 0 spiro atoms. The largest absolute Gasteiger partial charge is 0.213 e. The van der Waals surface area contributed by atoms with E-state index in [4.69, 9.17) is 15.0 Å². The van der Waals surface area contributed by atoms with Gasteiger partial charge in [-0.3, -0.25) is 0 Å². The second-order valence-electron chi connectivity index (χ2n) is 8.35. The van der Waals surface area contributed by atoms with Crippen molar-refractivity contribution in [3.05, 3.63) is 115 Å². The minimum atomic E-state index is 0.187. The van der Waals surface area contributed by atoms with Crippen molar-refractivity contribution in [2.75, 3.05) is 0 Å². The van der Waals surface area contributed by atoms with Crippen LogP contribution in [0.3, 0.4) is 0 Å². The Balaban J connectivity index is 1.66. The van der Waals surface area contributed by atoms with Crippen LogP contribution in [0.5, 0.6) is 0 Å². The second-order valence-corrected chi connectivity index (χ2v) is 8.35. The molecule has 0 amide bonds. The second kappa shape index (κ2) is 9.17. The summed E-state index contributed by atoms with van der Waals surface area (Å²) in [6.07, 6.45) is 0. The predicted molar refractivity (Wildman–Crippen MR) is 136 cm³/mol. The molecule has 160 valence electrons. The minimum absolute atomic E-state index is 0.187. The Morgan fingerprint density at radius 3 is 1.70 bits per heavy atom. The van der Waals surface area contributed by atoms with Gasteiger partial charge in [0.2, 0.25) is 0 Å². The predicted octanol–water partition coefficient (Wildman–Crippen LogP) is 7.66. The van der Waals surface area contributed by atoms with Gasteiger partial charge in [0.05, 0.1) is 0 Å². The first-order valence-corrected chi connectivity index (χ1v) is 11.3. The molecular weight excluding hydrogens is 402 g/mol. The molecule has 0 radical (unpaired) electrons. The normalized spacial score (nSPS) is 11.0. The van der Waals surface area contributed by atoms with Gasteiger partial charge in [-0.15, -0.1) is 0 Å². The van der Waals surface area contributed by atoms with E-state index in [-0.39, 0.29) is 5.92 Å². The van der Waals surface area contributed by atoms with Crippen molar-refractivity contribution < 1.29 is 0 Å². The van der Waals surface area contributed by atoms with Crippen LogP contribution in [0.1, 0.15) is 25.6 Å². The summed E-state index contributed by atoms with van der Waals surface area (Å²) in [5, 5.41) is 0. The zero-order chi connectivity index (χ0) is 22.6. The quantitative estimate of drug-likeness (QED) is 0.289. The maximum absolute atomic E-state index is 4.96. The van der Waals surface area contributed by atoms with E-state index in [0.29, 0.717) is 11.6 Å². The molecular formula is C30H25N3. The van der Waals surface area contributed by atoms with Crippen LogP contribution in [-0.4, -0.2) is 15.0 Å². The zero-order valence-corrected chi connectivity index (χ0v) is 18.8. The summed E-state index contributed by atoms with van der Waals surface area (Å²) in [6.45, 7) is 4.23. The Labute approximate surface area is 194 Å². The molecule has 1 heterocycles. The summed E-state index contributed by atoms with van der Waals surface area (Å²) in [5.41, 5.74) is 6.57. The molecule has 33 heavy (non-hydrogen) atoms. The Morgan fingerprint density at radius 1 is 0.455 bits per heavy atom. The van der Waals surface area contributed by atoms with E-state index in [1.165, 1.54) is 5.56 Å². The lowest BCUT2D eigenvalue weighted by Crippen LogP contribution is -2.05. The maximum Gasteiger partial charge on any atom is 0.164 e. The van der Waals surface area contributed by atoms with E-state index >= 15 is 0 Å². The lowest BCUT2D eigenvalue weighted by Gasteiger charge is -2.13. The van der Waals surface area contributed by atoms with Crippen molar-refractivity contribution in [3.63, 3.8) is 0 Å². The fraction of sp³-hybridized carbons (Fsp3) is 0.100. The molecule has 0 aliphatic carbocycles. The Kier molecular flexibility index (Phi) is 5.77. The molecule has 0 aliphatic heterocycles. The lowest BCUT2D eigenvalue weighted by atomic mass is 9.99. The SMILES string of the molecule is CC(C)c1nc(-c2cccc(-c3ccccc3)c2)nc(-c2ccccc2-c2ccccc2)n1. The van der Waals surface area contributed by atoms with E-state index in [9.17, 15) is 0 Å². The van der Waals surface area contributed by atoms with Crippen molar-refractivity contribution in [1.82, 2.24) is 15.0 Å². The highest BCUT2D eigenvalue weighted by atomic mass is 15.0. The van der Waals surface area contributed by atoms with Crippen molar-refractivity contribution in [3.8, 4) is 45.0 Å². The third-order valence-corrected chi connectivity index (χ3v) is 5.65. The number of aromatic nitrogens is 3. The fourth-order valence-corrected chi connectivity index (χ4v) is 3.92. The van der Waals surface area contributed by atoms with Crippen molar-refractivity contribution in [1.29, 1.82) is 0 Å². The van der Waals surface area contributed by atoms with Gasteiger partial charge in [0.1, 0.15) is 5.82 Å². The average molecular weight is 428 g/mol. The molecule has 0 unspecified atom stereocenters. The van der Waals surface area contributed by atoms with Crippen LogP contribution in [0.4, 0.5) is 0 Å². The van der Waals surface area contributed by atoms with Gasteiger partial charge in [-0.25, -0.2) is 15.0 Å². The van der Waals surface area contributed by atoms with Crippen molar-refractivity contribution in [2.24, 2.45) is 0 Å². The smallest absolute Gasteiger partial charge is 0.164 e. The molecule has 0 atom stereocenters. The first kappa shape index (κ1) is 20.8. The summed E-state index contributed by atoms with van der Waals surface area (Å²) >= 11 is 0. The fourth-order valence-electron chi connectivity index (χ4n) is 3.92. The van der Waals surface area contributed by atoms with Crippen LogP contribution in [0.15, 0.2) is 109 Å². The first-order chi connectivity index (χ1) is 16.2. The number of hydrogen-bond acceptors (Lipinski definition) is 3. The Bertz CT molecular complexity index is 1380. The van der Waals surface area contributed by atoms with Crippen LogP contribution in [0.25, 0.3) is 45.0 Å². The van der Waals surface area contributed by atoms with E-state index in [1.807, 2.05) is 18.2 Å². The number of nitrogens with zero attached hydrogens (tertiary/aromatic N) is 3. The molecule has 0 saturated heterocycles. The lowest BCUT2D eigenvalue weighted by molar-refractivity contribution is 0.766. The molecule has 5 rings (SSSR count). The molecule has 1 aromatic heterocycles. The summed E-state index contributed by atoms with van der Waals surface area (Å²) in [5.74, 6) is 2.38. The van der Waals surface area contributed by atoms with Crippen LogP contribution < -0.4 is 0 Å². The van der Waals surface area contributed by atoms with Crippen LogP contribution in [0.2, 0.25) is 0 Å². The molecule has 4 aromatic carbocycles. The summed E-state index contributed by atoms with van der Waals surface area (Å²) < 4.78 is 0. The van der Waals surface area contributed by atoms with E-state index in [0.717, 1.165) is 33.6 Å². The molecule has 0 aliphatic rings. The number of rotatable bonds is 5. The van der Waals surface area contributed by atoms with E-state index in [1.54, 1.807) is 0 Å². The molecule has 3 heteroatoms. The highest BCUT2D eigenvalue weighted by Crippen LogP contribution is 2.32. The highest BCUT2D eigenvalue weighted by molar-refractivity contribution is 5.81. The summed E-state index contributed by atoms with van der Waals surface area (Å²) in [4.78, 5) is 14.7. The van der Waals surface area contributed by atoms with Gasteiger partial charge >= 0.3 is 0 Å². The summed E-state index contributed by atoms with van der Waals surface area (Å²) in [7, 11) is 0. The van der Waals surface area contributed by atoms with Crippen LogP contribution in [-0.2, 0) is 0 Å². The third kappa shape index (κ3) is 4.44. The topological polar surface area (TPSA) is 38.7 Å². The standard InChI is InChI=1S/C30H25N3/c1-21(2)28-31-29(25-17-11-16-24(20-25)22-12-5-3-6-13-22)33-30(32-28)27-19-10-9-18-26(27)23-14-7-4-8-15-23/h3-21H,1-2H3. The molecule has 5 aromatic rings. The van der Waals surface area contributed by atoms with Crippen LogP contribution >= 0.6 is 0 Å². The number of benzene rings is 4. The van der Waals surface area contributed by atoms with Crippen molar-refractivity contribution in [2.45, 2.75) is 19.8 Å². The summed E-state index contributed by atoms with van der Waals surface area (Å²) in [6, 6.07) is 37.5.